The first-order valence-corrected chi connectivity index (χ1v) is 12.8. The Kier molecular flexibility index (Phi) is 6.15. The summed E-state index contributed by atoms with van der Waals surface area (Å²) in [7, 11) is 0. The zero-order valence-corrected chi connectivity index (χ0v) is 20.6. The number of hydrogen-bond acceptors (Lipinski definition) is 5. The Morgan fingerprint density at radius 3 is 2.56 bits per heavy atom. The number of nitrogens with zero attached hydrogens (tertiary/aromatic N) is 2. The van der Waals surface area contributed by atoms with E-state index in [1.807, 2.05) is 17.0 Å². The van der Waals surface area contributed by atoms with E-state index in [9.17, 15) is 9.90 Å². The summed E-state index contributed by atoms with van der Waals surface area (Å²) < 4.78 is 10.9. The van der Waals surface area contributed by atoms with Gasteiger partial charge in [0, 0.05) is 36.7 Å². The molecule has 0 saturated carbocycles. The number of benzene rings is 3. The molecule has 6 nitrogen and oxygen atoms in total. The molecule has 186 valence electrons. The Morgan fingerprint density at radius 1 is 0.944 bits per heavy atom. The molecule has 0 aromatic heterocycles. The van der Waals surface area contributed by atoms with Crippen molar-refractivity contribution in [2.45, 2.75) is 37.8 Å². The summed E-state index contributed by atoms with van der Waals surface area (Å²) in [5.41, 5.74) is 5.50. The maximum Gasteiger partial charge on any atom is 0.254 e. The van der Waals surface area contributed by atoms with E-state index < -0.39 is 0 Å². The Hall–Kier alpha value is -3.35. The average Bonchev–Trinajstić information content (AvgIpc) is 3.36. The number of ether oxygens (including phenoxy) is 2. The molecular formula is C30H32N2O4. The van der Waals surface area contributed by atoms with Gasteiger partial charge in [-0.2, -0.15) is 0 Å². The quantitative estimate of drug-likeness (QED) is 0.593. The Bertz CT molecular complexity index is 1260. The molecule has 3 atom stereocenters. The number of amides is 1. The standard InChI is InChI=1S/C30H32N2O4/c1-20-5-4-6-23(15-20)21-7-9-22(10-8-21)29-25-17-31(13-2-3-14-32(25)26(29)18-33)30(34)24-11-12-27-28(16-24)36-19-35-27/h4-12,15-16,25-26,29,33H,2-3,13-14,17-19H2,1H3/t25-,26+,29-/m1/s1. The van der Waals surface area contributed by atoms with Crippen LogP contribution in [0.1, 0.15) is 40.2 Å². The SMILES string of the molecule is Cc1cccc(-c2ccc([C@@H]3[C@H]4CN(C(=O)c5ccc6c(c5)OCO6)CCCCN4[C@H]3CO)cc2)c1. The molecule has 6 heteroatoms. The molecule has 6 rings (SSSR count). The van der Waals surface area contributed by atoms with Gasteiger partial charge in [-0.05, 0) is 61.2 Å². The van der Waals surface area contributed by atoms with Crippen LogP contribution in [0.4, 0.5) is 0 Å². The number of carbonyl (C=O) groups excluding carboxylic acids is 1. The van der Waals surface area contributed by atoms with Gasteiger partial charge in [0.25, 0.3) is 5.91 Å². The van der Waals surface area contributed by atoms with Crippen molar-refractivity contribution in [3.8, 4) is 22.6 Å². The molecule has 2 fully saturated rings. The third-order valence-electron chi connectivity index (χ3n) is 7.92. The van der Waals surface area contributed by atoms with Crippen LogP contribution in [0.2, 0.25) is 0 Å². The highest BCUT2D eigenvalue weighted by molar-refractivity contribution is 5.95. The molecule has 0 bridgehead atoms. The van der Waals surface area contributed by atoms with Crippen LogP contribution in [0, 0.1) is 6.92 Å². The van der Waals surface area contributed by atoms with Crippen molar-refractivity contribution in [3.05, 3.63) is 83.4 Å². The lowest BCUT2D eigenvalue weighted by Gasteiger charge is -2.57. The molecule has 3 aliphatic rings. The van der Waals surface area contributed by atoms with Crippen LogP contribution in [-0.2, 0) is 0 Å². The average molecular weight is 485 g/mol. The first-order valence-electron chi connectivity index (χ1n) is 12.8. The van der Waals surface area contributed by atoms with E-state index >= 15 is 0 Å². The van der Waals surface area contributed by atoms with Gasteiger partial charge < -0.3 is 19.5 Å². The molecular weight excluding hydrogens is 452 g/mol. The number of aryl methyl sites for hydroxylation is 1. The first-order chi connectivity index (χ1) is 17.6. The summed E-state index contributed by atoms with van der Waals surface area (Å²) in [5, 5.41) is 10.3. The fraction of sp³-hybridized carbons (Fsp3) is 0.367. The van der Waals surface area contributed by atoms with E-state index in [2.05, 4.69) is 60.4 Å². The summed E-state index contributed by atoms with van der Waals surface area (Å²) in [6, 6.07) is 23.0. The third kappa shape index (κ3) is 4.14. The molecule has 0 spiro atoms. The fourth-order valence-electron chi connectivity index (χ4n) is 6.06. The van der Waals surface area contributed by atoms with Crippen LogP contribution in [-0.4, -0.2) is 65.9 Å². The molecule has 3 aromatic carbocycles. The summed E-state index contributed by atoms with van der Waals surface area (Å²) in [4.78, 5) is 17.9. The number of rotatable bonds is 4. The molecule has 1 amide bonds. The van der Waals surface area contributed by atoms with E-state index in [0.29, 0.717) is 23.6 Å². The second-order valence-corrected chi connectivity index (χ2v) is 10.1. The molecule has 0 radical (unpaired) electrons. The minimum atomic E-state index is 0.0242. The molecule has 3 aliphatic heterocycles. The lowest BCUT2D eigenvalue weighted by Crippen LogP contribution is -2.67. The van der Waals surface area contributed by atoms with E-state index in [0.717, 1.165) is 25.9 Å². The van der Waals surface area contributed by atoms with Gasteiger partial charge in [-0.15, -0.1) is 0 Å². The van der Waals surface area contributed by atoms with E-state index in [1.54, 1.807) is 6.07 Å². The van der Waals surface area contributed by atoms with Crippen LogP contribution in [0.25, 0.3) is 11.1 Å². The maximum atomic E-state index is 13.5. The molecule has 3 aromatic rings. The number of aliphatic hydroxyl groups is 1. The largest absolute Gasteiger partial charge is 0.454 e. The molecule has 3 heterocycles. The van der Waals surface area contributed by atoms with E-state index in [-0.39, 0.29) is 37.3 Å². The minimum absolute atomic E-state index is 0.0242. The van der Waals surface area contributed by atoms with Crippen molar-refractivity contribution in [3.63, 3.8) is 0 Å². The lowest BCUT2D eigenvalue weighted by atomic mass is 9.74. The Labute approximate surface area is 212 Å². The van der Waals surface area contributed by atoms with E-state index in [4.69, 9.17) is 9.47 Å². The fourth-order valence-corrected chi connectivity index (χ4v) is 6.06. The van der Waals surface area contributed by atoms with Crippen molar-refractivity contribution in [1.29, 1.82) is 0 Å². The molecule has 1 N–H and O–H groups in total. The maximum absolute atomic E-state index is 13.5. The zero-order valence-electron chi connectivity index (χ0n) is 20.6. The number of carbonyl (C=O) groups is 1. The third-order valence-corrected chi connectivity index (χ3v) is 7.92. The van der Waals surface area contributed by atoms with Crippen molar-refractivity contribution in [1.82, 2.24) is 9.80 Å². The van der Waals surface area contributed by atoms with Crippen LogP contribution in [0.3, 0.4) is 0 Å². The van der Waals surface area contributed by atoms with Gasteiger partial charge in [0.2, 0.25) is 6.79 Å². The highest BCUT2D eigenvalue weighted by Crippen LogP contribution is 2.42. The smallest absolute Gasteiger partial charge is 0.254 e. The van der Waals surface area contributed by atoms with Gasteiger partial charge in [0.15, 0.2) is 11.5 Å². The lowest BCUT2D eigenvalue weighted by molar-refractivity contribution is -0.0606. The molecule has 0 aliphatic carbocycles. The monoisotopic (exact) mass is 484 g/mol. The first kappa shape index (κ1) is 23.1. The summed E-state index contributed by atoms with van der Waals surface area (Å²) in [5.74, 6) is 1.53. The number of fused-ring (bicyclic) bond motifs is 2. The second kappa shape index (κ2) is 9.60. The van der Waals surface area contributed by atoms with Gasteiger partial charge in [-0.3, -0.25) is 9.69 Å². The van der Waals surface area contributed by atoms with Crippen LogP contribution in [0.15, 0.2) is 66.7 Å². The summed E-state index contributed by atoms with van der Waals surface area (Å²) in [6.07, 6.45) is 1.96. The van der Waals surface area contributed by atoms with Crippen LogP contribution < -0.4 is 9.47 Å². The summed E-state index contributed by atoms with van der Waals surface area (Å²) >= 11 is 0. The molecule has 2 saturated heterocycles. The van der Waals surface area contributed by atoms with Gasteiger partial charge in [-0.25, -0.2) is 0 Å². The number of aliphatic hydroxyl groups excluding tert-OH is 1. The van der Waals surface area contributed by atoms with Crippen molar-refractivity contribution in [2.24, 2.45) is 0 Å². The van der Waals surface area contributed by atoms with Crippen LogP contribution >= 0.6 is 0 Å². The number of hydrogen-bond donors (Lipinski definition) is 1. The highest BCUT2D eigenvalue weighted by Gasteiger charge is 2.49. The van der Waals surface area contributed by atoms with E-state index in [1.165, 1.54) is 22.3 Å². The van der Waals surface area contributed by atoms with Crippen molar-refractivity contribution < 1.29 is 19.4 Å². The van der Waals surface area contributed by atoms with Gasteiger partial charge in [0.1, 0.15) is 0 Å². The Morgan fingerprint density at radius 2 is 1.75 bits per heavy atom. The summed E-state index contributed by atoms with van der Waals surface area (Å²) in [6.45, 7) is 4.77. The van der Waals surface area contributed by atoms with Crippen molar-refractivity contribution >= 4 is 5.91 Å². The predicted octanol–water partition coefficient (Wildman–Crippen LogP) is 4.46. The predicted molar refractivity (Wildman–Crippen MR) is 138 cm³/mol. The van der Waals surface area contributed by atoms with Crippen LogP contribution in [0.5, 0.6) is 11.5 Å². The minimum Gasteiger partial charge on any atom is -0.454 e. The van der Waals surface area contributed by atoms with Gasteiger partial charge in [0.05, 0.1) is 6.61 Å². The van der Waals surface area contributed by atoms with Crippen molar-refractivity contribution in [2.75, 3.05) is 33.0 Å². The second-order valence-electron chi connectivity index (χ2n) is 10.1. The highest BCUT2D eigenvalue weighted by atomic mass is 16.7. The van der Waals surface area contributed by atoms with Gasteiger partial charge >= 0.3 is 0 Å². The normalized spacial score (nSPS) is 23.4. The molecule has 36 heavy (non-hydrogen) atoms. The topological polar surface area (TPSA) is 62.2 Å². The van der Waals surface area contributed by atoms with Gasteiger partial charge in [-0.1, -0.05) is 54.1 Å². The zero-order chi connectivity index (χ0) is 24.6. The Balaban J connectivity index is 1.24. The molecule has 0 unspecified atom stereocenters.